The van der Waals surface area contributed by atoms with Crippen LogP contribution in [0.3, 0.4) is 0 Å². The number of nitrogens with one attached hydrogen (secondary N) is 2. The number of piperidine rings is 1. The van der Waals surface area contributed by atoms with Gasteiger partial charge in [0.15, 0.2) is 0 Å². The molecular formula is C11H25N3O2S. The van der Waals surface area contributed by atoms with Gasteiger partial charge in [0.25, 0.3) is 10.2 Å². The van der Waals surface area contributed by atoms with Gasteiger partial charge in [-0.05, 0) is 25.3 Å². The Morgan fingerprint density at radius 2 is 2.06 bits per heavy atom. The Morgan fingerprint density at radius 3 is 2.65 bits per heavy atom. The van der Waals surface area contributed by atoms with Crippen LogP contribution in [0.15, 0.2) is 0 Å². The van der Waals surface area contributed by atoms with Gasteiger partial charge in [0.05, 0.1) is 0 Å². The van der Waals surface area contributed by atoms with Crippen molar-refractivity contribution in [3.63, 3.8) is 0 Å². The Hall–Kier alpha value is -0.170. The SMILES string of the molecule is CNS(=O)(=O)N1CCCCC1CNCC(C)C. The second kappa shape index (κ2) is 6.68. The van der Waals surface area contributed by atoms with Crippen LogP contribution in [0.5, 0.6) is 0 Å². The van der Waals surface area contributed by atoms with Crippen molar-refractivity contribution in [2.24, 2.45) is 5.92 Å². The van der Waals surface area contributed by atoms with Crippen molar-refractivity contribution in [3.05, 3.63) is 0 Å². The summed E-state index contributed by atoms with van der Waals surface area (Å²) in [7, 11) is -1.80. The first kappa shape index (κ1) is 14.9. The highest BCUT2D eigenvalue weighted by molar-refractivity contribution is 7.87. The lowest BCUT2D eigenvalue weighted by Gasteiger charge is -2.34. The Morgan fingerprint density at radius 1 is 1.35 bits per heavy atom. The molecule has 0 saturated carbocycles. The number of hydrogen-bond donors (Lipinski definition) is 2. The average molecular weight is 263 g/mol. The third-order valence-electron chi connectivity index (χ3n) is 3.07. The molecule has 17 heavy (non-hydrogen) atoms. The zero-order valence-electron chi connectivity index (χ0n) is 11.1. The summed E-state index contributed by atoms with van der Waals surface area (Å²) in [6, 6.07) is 0.0972. The lowest BCUT2D eigenvalue weighted by Crippen LogP contribution is -2.51. The van der Waals surface area contributed by atoms with Gasteiger partial charge in [0.2, 0.25) is 0 Å². The number of nitrogens with zero attached hydrogens (tertiary/aromatic N) is 1. The molecule has 6 heteroatoms. The van der Waals surface area contributed by atoms with Gasteiger partial charge in [0.1, 0.15) is 0 Å². The van der Waals surface area contributed by atoms with Crippen LogP contribution in [0, 0.1) is 5.92 Å². The summed E-state index contributed by atoms with van der Waals surface area (Å²) in [5.74, 6) is 0.591. The van der Waals surface area contributed by atoms with Gasteiger partial charge in [-0.25, -0.2) is 4.72 Å². The van der Waals surface area contributed by atoms with Gasteiger partial charge in [-0.1, -0.05) is 20.3 Å². The quantitative estimate of drug-likeness (QED) is 0.736. The summed E-state index contributed by atoms with van der Waals surface area (Å²) in [6.07, 6.45) is 3.03. The smallest absolute Gasteiger partial charge is 0.279 e. The molecule has 1 rings (SSSR count). The van der Waals surface area contributed by atoms with E-state index in [9.17, 15) is 8.42 Å². The van der Waals surface area contributed by atoms with Crippen molar-refractivity contribution in [2.75, 3.05) is 26.7 Å². The summed E-state index contributed by atoms with van der Waals surface area (Å²) < 4.78 is 27.7. The molecule has 0 amide bonds. The zero-order valence-corrected chi connectivity index (χ0v) is 11.9. The highest BCUT2D eigenvalue weighted by Gasteiger charge is 2.30. The van der Waals surface area contributed by atoms with Gasteiger partial charge < -0.3 is 5.32 Å². The van der Waals surface area contributed by atoms with E-state index >= 15 is 0 Å². The highest BCUT2D eigenvalue weighted by atomic mass is 32.2. The van der Waals surface area contributed by atoms with E-state index in [0.29, 0.717) is 12.5 Å². The predicted molar refractivity (Wildman–Crippen MR) is 70.0 cm³/mol. The van der Waals surface area contributed by atoms with Crippen LogP contribution in [0.25, 0.3) is 0 Å². The molecule has 1 fully saturated rings. The van der Waals surface area contributed by atoms with Crippen molar-refractivity contribution in [1.29, 1.82) is 0 Å². The summed E-state index contributed by atoms with van der Waals surface area (Å²) in [5, 5.41) is 3.35. The minimum Gasteiger partial charge on any atom is -0.315 e. The Bertz CT molecular complexity index is 317. The van der Waals surface area contributed by atoms with Crippen LogP contribution in [0.2, 0.25) is 0 Å². The summed E-state index contributed by atoms with van der Waals surface area (Å²) in [5.41, 5.74) is 0. The van der Waals surface area contributed by atoms with Gasteiger partial charge in [-0.2, -0.15) is 12.7 Å². The Balaban J connectivity index is 2.54. The van der Waals surface area contributed by atoms with E-state index < -0.39 is 10.2 Å². The number of hydrogen-bond acceptors (Lipinski definition) is 3. The molecule has 1 atom stereocenters. The van der Waals surface area contributed by atoms with Gasteiger partial charge in [-0.3, -0.25) is 0 Å². The van der Waals surface area contributed by atoms with Crippen LogP contribution < -0.4 is 10.0 Å². The molecule has 0 aromatic rings. The summed E-state index contributed by atoms with van der Waals surface area (Å²) in [4.78, 5) is 0. The zero-order chi connectivity index (χ0) is 12.9. The van der Waals surface area contributed by atoms with Crippen molar-refractivity contribution in [2.45, 2.75) is 39.2 Å². The minimum absolute atomic E-state index is 0.0972. The van der Waals surface area contributed by atoms with E-state index in [1.165, 1.54) is 7.05 Å². The predicted octanol–water partition coefficient (Wildman–Crippen LogP) is 0.551. The summed E-state index contributed by atoms with van der Waals surface area (Å²) in [6.45, 7) is 6.62. The van der Waals surface area contributed by atoms with E-state index in [4.69, 9.17) is 0 Å². The van der Waals surface area contributed by atoms with Crippen LogP contribution in [-0.2, 0) is 10.2 Å². The van der Waals surface area contributed by atoms with Crippen LogP contribution >= 0.6 is 0 Å². The van der Waals surface area contributed by atoms with E-state index in [2.05, 4.69) is 23.9 Å². The molecule has 0 aromatic carbocycles. The number of rotatable bonds is 6. The van der Waals surface area contributed by atoms with Crippen molar-refractivity contribution in [3.8, 4) is 0 Å². The molecule has 0 spiro atoms. The fourth-order valence-corrected chi connectivity index (χ4v) is 3.33. The second-order valence-corrected chi connectivity index (χ2v) is 6.85. The van der Waals surface area contributed by atoms with Gasteiger partial charge >= 0.3 is 0 Å². The molecule has 0 bridgehead atoms. The van der Waals surface area contributed by atoms with Crippen molar-refractivity contribution in [1.82, 2.24) is 14.3 Å². The molecule has 5 nitrogen and oxygen atoms in total. The van der Waals surface area contributed by atoms with Crippen LogP contribution in [0.4, 0.5) is 0 Å². The molecule has 1 aliphatic rings. The first-order valence-corrected chi connectivity index (χ1v) is 7.82. The van der Waals surface area contributed by atoms with Crippen LogP contribution in [-0.4, -0.2) is 45.4 Å². The van der Waals surface area contributed by atoms with E-state index in [0.717, 1.165) is 32.4 Å². The fraction of sp³-hybridized carbons (Fsp3) is 1.00. The third kappa shape index (κ3) is 4.54. The summed E-state index contributed by atoms with van der Waals surface area (Å²) >= 11 is 0. The molecular weight excluding hydrogens is 238 g/mol. The van der Waals surface area contributed by atoms with Gasteiger partial charge in [-0.15, -0.1) is 0 Å². The molecule has 0 aliphatic carbocycles. The maximum atomic E-state index is 11.8. The lowest BCUT2D eigenvalue weighted by molar-refractivity contribution is 0.242. The minimum atomic E-state index is -3.28. The standard InChI is InChI=1S/C11H25N3O2S/c1-10(2)8-13-9-11-6-4-5-7-14(11)17(15,16)12-3/h10-13H,4-9H2,1-3H3. The maximum absolute atomic E-state index is 11.8. The third-order valence-corrected chi connectivity index (χ3v) is 4.69. The monoisotopic (exact) mass is 263 g/mol. The maximum Gasteiger partial charge on any atom is 0.279 e. The largest absolute Gasteiger partial charge is 0.315 e. The fourth-order valence-electron chi connectivity index (χ4n) is 2.15. The van der Waals surface area contributed by atoms with E-state index in [1.807, 2.05) is 0 Å². The molecule has 1 saturated heterocycles. The van der Waals surface area contributed by atoms with E-state index in [-0.39, 0.29) is 6.04 Å². The Labute approximate surface area is 105 Å². The first-order chi connectivity index (χ1) is 7.97. The molecule has 102 valence electrons. The van der Waals surface area contributed by atoms with Crippen molar-refractivity contribution >= 4 is 10.2 Å². The Kier molecular flexibility index (Phi) is 5.85. The van der Waals surface area contributed by atoms with Crippen LogP contribution in [0.1, 0.15) is 33.1 Å². The van der Waals surface area contributed by atoms with Crippen molar-refractivity contribution < 1.29 is 8.42 Å². The topological polar surface area (TPSA) is 61.4 Å². The molecule has 2 N–H and O–H groups in total. The highest BCUT2D eigenvalue weighted by Crippen LogP contribution is 2.19. The normalized spacial score (nSPS) is 23.2. The molecule has 1 aliphatic heterocycles. The van der Waals surface area contributed by atoms with Gasteiger partial charge in [0, 0.05) is 26.2 Å². The molecule has 1 heterocycles. The lowest BCUT2D eigenvalue weighted by atomic mass is 10.0. The first-order valence-electron chi connectivity index (χ1n) is 6.38. The molecule has 1 unspecified atom stereocenters. The molecule has 0 radical (unpaired) electrons. The second-order valence-electron chi connectivity index (χ2n) is 5.02. The van der Waals surface area contributed by atoms with E-state index in [1.54, 1.807) is 4.31 Å². The molecule has 0 aromatic heterocycles. The average Bonchev–Trinajstić information content (AvgIpc) is 2.29.